The van der Waals surface area contributed by atoms with Gasteiger partial charge in [-0.05, 0) is 31.0 Å². The van der Waals surface area contributed by atoms with Crippen molar-refractivity contribution in [3.8, 4) is 5.75 Å². The Bertz CT molecular complexity index is 768. The Morgan fingerprint density at radius 2 is 1.78 bits per heavy atom. The average Bonchev–Trinajstić information content (AvgIpc) is 2.91. The number of ketones is 1. The number of esters is 1. The minimum Gasteiger partial charge on any atom is -0.495 e. The lowest BCUT2D eigenvalue weighted by Gasteiger charge is -2.19. The lowest BCUT2D eigenvalue weighted by molar-refractivity contribution is -0.152. The highest BCUT2D eigenvalue weighted by atomic mass is 35.5. The zero-order chi connectivity index (χ0) is 19.6. The predicted octanol–water partition coefficient (Wildman–Crippen LogP) is 2.25. The van der Waals surface area contributed by atoms with Gasteiger partial charge >= 0.3 is 5.97 Å². The number of hydrogen-bond donors (Lipinski definition) is 0. The molecule has 144 valence electrons. The molecule has 8 heteroatoms. The van der Waals surface area contributed by atoms with Crippen molar-refractivity contribution >= 4 is 35.2 Å². The molecule has 0 radical (unpaired) electrons. The Balaban J connectivity index is 1.55. The van der Waals surface area contributed by atoms with Crippen LogP contribution in [0.5, 0.6) is 5.75 Å². The molecule has 3 rings (SSSR count). The fourth-order valence-electron chi connectivity index (χ4n) is 3.63. The number of carbonyl (C=O) groups excluding carboxylic acids is 4. The second kappa shape index (κ2) is 8.08. The van der Waals surface area contributed by atoms with E-state index in [1.165, 1.54) is 19.2 Å². The average molecular weight is 394 g/mol. The van der Waals surface area contributed by atoms with Gasteiger partial charge in [-0.25, -0.2) is 0 Å². The van der Waals surface area contributed by atoms with Gasteiger partial charge in [0.05, 0.1) is 24.0 Å². The first-order valence-corrected chi connectivity index (χ1v) is 9.17. The maximum Gasteiger partial charge on any atom is 0.326 e. The Hall–Kier alpha value is -2.41. The number of likely N-dealkylation sites (tertiary alicyclic amines) is 1. The number of rotatable bonds is 6. The van der Waals surface area contributed by atoms with Crippen LogP contribution in [0.2, 0.25) is 5.02 Å². The van der Waals surface area contributed by atoms with Crippen molar-refractivity contribution in [2.75, 3.05) is 20.3 Å². The van der Waals surface area contributed by atoms with Gasteiger partial charge in [0, 0.05) is 5.56 Å². The highest BCUT2D eigenvalue weighted by molar-refractivity contribution is 6.32. The van der Waals surface area contributed by atoms with Crippen molar-refractivity contribution in [1.82, 2.24) is 4.90 Å². The van der Waals surface area contributed by atoms with Gasteiger partial charge in [-0.3, -0.25) is 24.1 Å². The van der Waals surface area contributed by atoms with Crippen LogP contribution in [0.3, 0.4) is 0 Å². The van der Waals surface area contributed by atoms with Crippen molar-refractivity contribution in [2.24, 2.45) is 11.8 Å². The molecule has 1 aromatic rings. The van der Waals surface area contributed by atoms with Crippen LogP contribution in [0.1, 0.15) is 36.0 Å². The van der Waals surface area contributed by atoms with Crippen molar-refractivity contribution < 1.29 is 28.7 Å². The molecule has 1 aliphatic carbocycles. The van der Waals surface area contributed by atoms with E-state index in [1.54, 1.807) is 6.07 Å². The predicted molar refractivity (Wildman–Crippen MR) is 95.5 cm³/mol. The summed E-state index contributed by atoms with van der Waals surface area (Å²) in [5.41, 5.74) is 0.271. The van der Waals surface area contributed by atoms with Gasteiger partial charge in [0.1, 0.15) is 12.3 Å². The van der Waals surface area contributed by atoms with Crippen molar-refractivity contribution in [2.45, 2.75) is 25.7 Å². The summed E-state index contributed by atoms with van der Waals surface area (Å²) in [6, 6.07) is 4.48. The van der Waals surface area contributed by atoms with Crippen LogP contribution in [0, 0.1) is 11.8 Å². The van der Waals surface area contributed by atoms with Crippen LogP contribution in [-0.2, 0) is 19.1 Å². The van der Waals surface area contributed by atoms with E-state index in [4.69, 9.17) is 21.1 Å². The Morgan fingerprint density at radius 1 is 1.15 bits per heavy atom. The fourth-order valence-corrected chi connectivity index (χ4v) is 3.89. The molecule has 7 nitrogen and oxygen atoms in total. The molecule has 2 amide bonds. The molecular weight excluding hydrogens is 374 g/mol. The van der Waals surface area contributed by atoms with Gasteiger partial charge in [0.25, 0.3) is 0 Å². The SMILES string of the molecule is COc1ccc(C(=O)COC(=O)CN2C(=O)[C@H]3CCCC[C@H]3C2=O)cc1Cl. The number of methoxy groups -OCH3 is 1. The number of benzene rings is 1. The van der Waals surface area contributed by atoms with Gasteiger partial charge in [-0.1, -0.05) is 24.4 Å². The minimum absolute atomic E-state index is 0.269. The summed E-state index contributed by atoms with van der Waals surface area (Å²) in [5, 5.41) is 0.269. The van der Waals surface area contributed by atoms with Crippen LogP contribution < -0.4 is 4.74 Å². The molecule has 1 saturated heterocycles. The van der Waals surface area contributed by atoms with E-state index in [0.717, 1.165) is 17.7 Å². The highest BCUT2D eigenvalue weighted by Gasteiger charge is 2.48. The third-order valence-corrected chi connectivity index (χ3v) is 5.35. The van der Waals surface area contributed by atoms with E-state index in [9.17, 15) is 19.2 Å². The summed E-state index contributed by atoms with van der Waals surface area (Å²) in [5.74, 6) is -2.06. The molecule has 2 atom stereocenters. The minimum atomic E-state index is -0.789. The summed E-state index contributed by atoms with van der Waals surface area (Å²) in [6.45, 7) is -0.952. The molecule has 0 aromatic heterocycles. The maximum absolute atomic E-state index is 12.3. The molecular formula is C19H20ClNO6. The zero-order valence-corrected chi connectivity index (χ0v) is 15.7. The molecule has 0 bridgehead atoms. The quantitative estimate of drug-likeness (QED) is 0.418. The molecule has 0 unspecified atom stereocenters. The fraction of sp³-hybridized carbons (Fsp3) is 0.474. The summed E-state index contributed by atoms with van der Waals surface area (Å²) >= 11 is 5.98. The number of nitrogens with zero attached hydrogens (tertiary/aromatic N) is 1. The summed E-state index contributed by atoms with van der Waals surface area (Å²) in [7, 11) is 1.46. The lowest BCUT2D eigenvalue weighted by Crippen LogP contribution is -2.37. The van der Waals surface area contributed by atoms with E-state index in [1.807, 2.05) is 0 Å². The molecule has 1 aromatic carbocycles. The first-order chi connectivity index (χ1) is 12.9. The van der Waals surface area contributed by atoms with Gasteiger partial charge in [0.15, 0.2) is 12.4 Å². The van der Waals surface area contributed by atoms with E-state index in [0.29, 0.717) is 18.6 Å². The van der Waals surface area contributed by atoms with Gasteiger partial charge in [0.2, 0.25) is 11.8 Å². The van der Waals surface area contributed by atoms with Crippen LogP contribution in [0.4, 0.5) is 0 Å². The van der Waals surface area contributed by atoms with Crippen LogP contribution in [-0.4, -0.2) is 48.7 Å². The van der Waals surface area contributed by atoms with Crippen molar-refractivity contribution in [3.63, 3.8) is 0 Å². The molecule has 1 aliphatic heterocycles. The van der Waals surface area contributed by atoms with Crippen molar-refractivity contribution in [3.05, 3.63) is 28.8 Å². The van der Waals surface area contributed by atoms with Crippen LogP contribution >= 0.6 is 11.6 Å². The van der Waals surface area contributed by atoms with E-state index >= 15 is 0 Å². The topological polar surface area (TPSA) is 90.0 Å². The highest BCUT2D eigenvalue weighted by Crippen LogP contribution is 2.37. The van der Waals surface area contributed by atoms with Crippen LogP contribution in [0.25, 0.3) is 0 Å². The Labute approximate surface area is 161 Å². The molecule has 2 fully saturated rings. The number of ether oxygens (including phenoxy) is 2. The smallest absolute Gasteiger partial charge is 0.326 e. The number of Topliss-reactive ketones (excluding diaryl/α,β-unsaturated/α-hetero) is 1. The third-order valence-electron chi connectivity index (χ3n) is 5.06. The first-order valence-electron chi connectivity index (χ1n) is 8.80. The summed E-state index contributed by atoms with van der Waals surface area (Å²) in [4.78, 5) is 49.8. The van der Waals surface area contributed by atoms with Crippen molar-refractivity contribution in [1.29, 1.82) is 0 Å². The third kappa shape index (κ3) is 3.98. The van der Waals surface area contributed by atoms with Crippen LogP contribution in [0.15, 0.2) is 18.2 Å². The number of hydrogen-bond acceptors (Lipinski definition) is 6. The second-order valence-corrected chi connectivity index (χ2v) is 7.10. The largest absolute Gasteiger partial charge is 0.495 e. The number of imide groups is 1. The Kier molecular flexibility index (Phi) is 5.79. The Morgan fingerprint density at radius 3 is 2.33 bits per heavy atom. The van der Waals surface area contributed by atoms with E-state index in [2.05, 4.69) is 0 Å². The molecule has 1 saturated carbocycles. The van der Waals surface area contributed by atoms with Gasteiger partial charge < -0.3 is 9.47 Å². The number of fused-ring (bicyclic) bond motifs is 1. The van der Waals surface area contributed by atoms with Gasteiger partial charge in [-0.15, -0.1) is 0 Å². The number of halogens is 1. The summed E-state index contributed by atoms with van der Waals surface area (Å²) < 4.78 is 9.97. The monoisotopic (exact) mass is 393 g/mol. The normalized spacial score (nSPS) is 21.8. The maximum atomic E-state index is 12.3. The molecule has 1 heterocycles. The standard InChI is InChI=1S/C19H20ClNO6/c1-26-16-7-6-11(8-14(16)20)15(22)10-27-17(23)9-21-18(24)12-4-2-3-5-13(12)19(21)25/h6-8,12-13H,2-5,9-10H2,1H3/t12-,13+. The van der Waals surface area contributed by atoms with E-state index in [-0.39, 0.29) is 34.2 Å². The zero-order valence-electron chi connectivity index (χ0n) is 14.9. The van der Waals surface area contributed by atoms with E-state index < -0.39 is 24.9 Å². The molecule has 27 heavy (non-hydrogen) atoms. The van der Waals surface area contributed by atoms with Gasteiger partial charge in [-0.2, -0.15) is 0 Å². The number of carbonyl (C=O) groups is 4. The first kappa shape index (κ1) is 19.4. The molecule has 2 aliphatic rings. The molecule has 0 spiro atoms. The summed E-state index contributed by atoms with van der Waals surface area (Å²) in [6.07, 6.45) is 3.18. The second-order valence-electron chi connectivity index (χ2n) is 6.69. The molecule has 0 N–H and O–H groups in total. The number of amides is 2. The lowest BCUT2D eigenvalue weighted by atomic mass is 9.81.